The number of nitrogens with two attached hydrogens (primary N) is 1. The van der Waals surface area contributed by atoms with Gasteiger partial charge in [0.15, 0.2) is 0 Å². The lowest BCUT2D eigenvalue weighted by molar-refractivity contribution is -0.133. The molecule has 0 unspecified atom stereocenters. The standard InChI is InChI=1S/C11H23N3O2/c1-4-14(5-2)11(16)7-6-10(15)13-9(3)8-12/h9H,4-8,12H2,1-3H3,(H,13,15)/t9-/m0/s1. The van der Waals surface area contributed by atoms with Crippen molar-refractivity contribution in [2.75, 3.05) is 19.6 Å². The second kappa shape index (κ2) is 8.10. The highest BCUT2D eigenvalue weighted by molar-refractivity contribution is 5.83. The van der Waals surface area contributed by atoms with Crippen molar-refractivity contribution in [2.24, 2.45) is 5.73 Å². The Bertz CT molecular complexity index is 227. The second-order valence-electron chi connectivity index (χ2n) is 3.77. The van der Waals surface area contributed by atoms with Gasteiger partial charge >= 0.3 is 0 Å². The summed E-state index contributed by atoms with van der Waals surface area (Å²) in [6.07, 6.45) is 0.504. The van der Waals surface area contributed by atoms with Crippen LogP contribution in [0.3, 0.4) is 0 Å². The molecule has 1 atom stereocenters. The molecule has 0 aliphatic heterocycles. The van der Waals surface area contributed by atoms with Gasteiger partial charge < -0.3 is 16.0 Å². The summed E-state index contributed by atoms with van der Waals surface area (Å²) >= 11 is 0. The summed E-state index contributed by atoms with van der Waals surface area (Å²) < 4.78 is 0. The predicted molar refractivity (Wildman–Crippen MR) is 63.8 cm³/mol. The molecule has 0 rings (SSSR count). The number of hydrogen-bond acceptors (Lipinski definition) is 3. The molecular formula is C11H23N3O2. The van der Waals surface area contributed by atoms with E-state index in [1.165, 1.54) is 0 Å². The van der Waals surface area contributed by atoms with Crippen molar-refractivity contribution in [3.8, 4) is 0 Å². The van der Waals surface area contributed by atoms with Gasteiger partial charge in [-0.15, -0.1) is 0 Å². The van der Waals surface area contributed by atoms with Gasteiger partial charge in [0.05, 0.1) is 0 Å². The first-order valence-electron chi connectivity index (χ1n) is 5.82. The number of amides is 2. The van der Waals surface area contributed by atoms with E-state index >= 15 is 0 Å². The van der Waals surface area contributed by atoms with Crippen molar-refractivity contribution in [1.29, 1.82) is 0 Å². The van der Waals surface area contributed by atoms with Crippen LogP contribution in [0.2, 0.25) is 0 Å². The number of carbonyl (C=O) groups excluding carboxylic acids is 2. The van der Waals surface area contributed by atoms with E-state index in [2.05, 4.69) is 5.32 Å². The summed E-state index contributed by atoms with van der Waals surface area (Å²) in [5, 5.41) is 2.73. The maximum atomic E-state index is 11.6. The van der Waals surface area contributed by atoms with Gasteiger partial charge in [-0.05, 0) is 20.8 Å². The van der Waals surface area contributed by atoms with Gasteiger partial charge in [-0.3, -0.25) is 9.59 Å². The highest BCUT2D eigenvalue weighted by Gasteiger charge is 2.12. The van der Waals surface area contributed by atoms with Crippen LogP contribution in [0.5, 0.6) is 0 Å². The smallest absolute Gasteiger partial charge is 0.223 e. The van der Waals surface area contributed by atoms with Crippen LogP contribution in [0.4, 0.5) is 0 Å². The molecule has 3 N–H and O–H groups in total. The first kappa shape index (κ1) is 14.9. The molecule has 2 amide bonds. The third-order valence-electron chi connectivity index (χ3n) is 2.44. The van der Waals surface area contributed by atoms with Crippen LogP contribution in [0.15, 0.2) is 0 Å². The maximum Gasteiger partial charge on any atom is 0.223 e. The van der Waals surface area contributed by atoms with Gasteiger partial charge in [-0.25, -0.2) is 0 Å². The third-order valence-corrected chi connectivity index (χ3v) is 2.44. The maximum absolute atomic E-state index is 11.6. The zero-order valence-electron chi connectivity index (χ0n) is 10.5. The normalized spacial score (nSPS) is 12.0. The highest BCUT2D eigenvalue weighted by atomic mass is 16.2. The number of carbonyl (C=O) groups is 2. The number of rotatable bonds is 7. The second-order valence-corrected chi connectivity index (χ2v) is 3.77. The molecule has 0 aliphatic carbocycles. The van der Waals surface area contributed by atoms with Gasteiger partial charge in [0.1, 0.15) is 0 Å². The molecule has 5 nitrogen and oxygen atoms in total. The zero-order valence-corrected chi connectivity index (χ0v) is 10.5. The molecule has 0 saturated carbocycles. The lowest BCUT2D eigenvalue weighted by Gasteiger charge is -2.18. The van der Waals surface area contributed by atoms with Crippen LogP contribution in [-0.4, -0.2) is 42.4 Å². The Morgan fingerprint density at radius 1 is 1.25 bits per heavy atom. The fourth-order valence-electron chi connectivity index (χ4n) is 1.36. The van der Waals surface area contributed by atoms with Crippen molar-refractivity contribution in [3.05, 3.63) is 0 Å². The molecule has 5 heteroatoms. The summed E-state index contributed by atoms with van der Waals surface area (Å²) in [7, 11) is 0. The Morgan fingerprint density at radius 3 is 2.25 bits per heavy atom. The third kappa shape index (κ3) is 5.70. The molecule has 0 radical (unpaired) electrons. The average Bonchev–Trinajstić information content (AvgIpc) is 2.27. The van der Waals surface area contributed by atoms with Crippen LogP contribution in [0.1, 0.15) is 33.6 Å². The fraction of sp³-hybridized carbons (Fsp3) is 0.818. The molecule has 16 heavy (non-hydrogen) atoms. The SMILES string of the molecule is CCN(CC)C(=O)CCC(=O)N[C@@H](C)CN. The monoisotopic (exact) mass is 229 g/mol. The summed E-state index contributed by atoms with van der Waals surface area (Å²) in [6.45, 7) is 7.49. The molecule has 0 bridgehead atoms. The van der Waals surface area contributed by atoms with E-state index in [9.17, 15) is 9.59 Å². The molecular weight excluding hydrogens is 206 g/mol. The Balaban J connectivity index is 3.87. The van der Waals surface area contributed by atoms with Crippen molar-refractivity contribution < 1.29 is 9.59 Å². The molecule has 0 aromatic heterocycles. The summed E-state index contributed by atoms with van der Waals surface area (Å²) in [6, 6.07) is -0.0314. The van der Waals surface area contributed by atoms with Crippen LogP contribution in [0, 0.1) is 0 Å². The lowest BCUT2D eigenvalue weighted by Crippen LogP contribution is -2.38. The van der Waals surface area contributed by atoms with Crippen molar-refractivity contribution in [1.82, 2.24) is 10.2 Å². The average molecular weight is 229 g/mol. The number of nitrogens with one attached hydrogen (secondary N) is 1. The van der Waals surface area contributed by atoms with E-state index in [1.54, 1.807) is 4.90 Å². The minimum atomic E-state index is -0.113. The number of hydrogen-bond donors (Lipinski definition) is 2. The van der Waals surface area contributed by atoms with E-state index in [4.69, 9.17) is 5.73 Å². The lowest BCUT2D eigenvalue weighted by atomic mass is 10.2. The predicted octanol–water partition coefficient (Wildman–Crippen LogP) is 0.0984. The number of nitrogens with zero attached hydrogens (tertiary/aromatic N) is 1. The van der Waals surface area contributed by atoms with E-state index in [0.717, 1.165) is 0 Å². The first-order chi connectivity index (χ1) is 7.54. The molecule has 0 saturated heterocycles. The van der Waals surface area contributed by atoms with Gasteiger partial charge in [0.2, 0.25) is 11.8 Å². The quantitative estimate of drug-likeness (QED) is 0.650. The van der Waals surface area contributed by atoms with Crippen molar-refractivity contribution >= 4 is 11.8 Å². The van der Waals surface area contributed by atoms with E-state index < -0.39 is 0 Å². The van der Waals surface area contributed by atoms with E-state index in [0.29, 0.717) is 19.6 Å². The fourth-order valence-corrected chi connectivity index (χ4v) is 1.36. The largest absolute Gasteiger partial charge is 0.352 e. The van der Waals surface area contributed by atoms with Gasteiger partial charge in [-0.2, -0.15) is 0 Å². The summed E-state index contributed by atoms with van der Waals surface area (Å²) in [4.78, 5) is 24.7. The van der Waals surface area contributed by atoms with Gasteiger partial charge in [-0.1, -0.05) is 0 Å². The Kier molecular flexibility index (Phi) is 7.54. The Morgan fingerprint density at radius 2 is 1.81 bits per heavy atom. The molecule has 0 aromatic rings. The molecule has 0 aliphatic rings. The Labute approximate surface area is 97.4 Å². The molecule has 0 fully saturated rings. The van der Waals surface area contributed by atoms with Crippen LogP contribution in [0.25, 0.3) is 0 Å². The molecule has 0 aromatic carbocycles. The first-order valence-corrected chi connectivity index (χ1v) is 5.82. The minimum absolute atomic E-state index is 0.0283. The minimum Gasteiger partial charge on any atom is -0.352 e. The topological polar surface area (TPSA) is 75.4 Å². The zero-order chi connectivity index (χ0) is 12.6. The Hall–Kier alpha value is -1.10. The van der Waals surface area contributed by atoms with E-state index in [1.807, 2.05) is 20.8 Å². The van der Waals surface area contributed by atoms with Crippen molar-refractivity contribution in [2.45, 2.75) is 39.7 Å². The van der Waals surface area contributed by atoms with Gasteiger partial charge in [0.25, 0.3) is 0 Å². The van der Waals surface area contributed by atoms with Crippen molar-refractivity contribution in [3.63, 3.8) is 0 Å². The van der Waals surface area contributed by atoms with Crippen LogP contribution in [-0.2, 0) is 9.59 Å². The van der Waals surface area contributed by atoms with Gasteiger partial charge in [0, 0.05) is 38.5 Å². The highest BCUT2D eigenvalue weighted by Crippen LogP contribution is 1.98. The van der Waals surface area contributed by atoms with E-state index in [-0.39, 0.29) is 30.7 Å². The molecule has 94 valence electrons. The molecule has 0 spiro atoms. The van der Waals surface area contributed by atoms with Crippen LogP contribution >= 0.6 is 0 Å². The summed E-state index contributed by atoms with van der Waals surface area (Å²) in [5.74, 6) is -0.0843. The van der Waals surface area contributed by atoms with Crippen LogP contribution < -0.4 is 11.1 Å². The molecule has 0 heterocycles. The summed E-state index contributed by atoms with van der Waals surface area (Å²) in [5.41, 5.74) is 5.38.